The van der Waals surface area contributed by atoms with Gasteiger partial charge in [0.15, 0.2) is 0 Å². The number of aromatic nitrogens is 1. The fraction of sp³-hybridized carbons (Fsp3) is 0.654. The van der Waals surface area contributed by atoms with Crippen LogP contribution in [0.2, 0.25) is 0 Å². The fourth-order valence-electron chi connectivity index (χ4n) is 5.14. The molecule has 31 heavy (non-hydrogen) atoms. The first-order valence-corrected chi connectivity index (χ1v) is 12.1. The second kappa shape index (κ2) is 10.6. The summed E-state index contributed by atoms with van der Waals surface area (Å²) in [5.41, 5.74) is 2.03. The third-order valence-electron chi connectivity index (χ3n) is 6.74. The number of hydrogen-bond donors (Lipinski definition) is 0. The molecule has 1 aromatic heterocycles. The number of ether oxygens (including phenoxy) is 3. The Morgan fingerprint density at radius 2 is 1.84 bits per heavy atom. The number of para-hydroxylation sites is 1. The highest BCUT2D eigenvalue weighted by Gasteiger charge is 2.26. The zero-order chi connectivity index (χ0) is 21.6. The lowest BCUT2D eigenvalue weighted by atomic mass is 9.96. The highest BCUT2D eigenvalue weighted by molar-refractivity contribution is 5.90. The number of rotatable bonds is 9. The first-order valence-electron chi connectivity index (χ1n) is 12.1. The van der Waals surface area contributed by atoms with Crippen LogP contribution in [-0.4, -0.2) is 54.9 Å². The summed E-state index contributed by atoms with van der Waals surface area (Å²) in [6, 6.07) is 9.45. The van der Waals surface area contributed by atoms with Gasteiger partial charge in [-0.15, -0.1) is 0 Å². The van der Waals surface area contributed by atoms with Gasteiger partial charge in [0, 0.05) is 42.8 Å². The second-order valence-corrected chi connectivity index (χ2v) is 9.31. The molecule has 5 nitrogen and oxygen atoms in total. The van der Waals surface area contributed by atoms with Gasteiger partial charge >= 0.3 is 0 Å². The van der Waals surface area contributed by atoms with Crippen LogP contribution in [0.25, 0.3) is 10.9 Å². The molecule has 2 aromatic rings. The van der Waals surface area contributed by atoms with Crippen LogP contribution in [0.3, 0.4) is 0 Å². The van der Waals surface area contributed by atoms with E-state index in [1.54, 1.807) is 7.11 Å². The highest BCUT2D eigenvalue weighted by atomic mass is 16.5. The Bertz CT molecular complexity index is 848. The van der Waals surface area contributed by atoms with Crippen molar-refractivity contribution in [3.8, 4) is 11.5 Å². The van der Waals surface area contributed by atoms with Gasteiger partial charge in [0.2, 0.25) is 0 Å². The molecule has 1 saturated carbocycles. The number of benzene rings is 1. The molecule has 0 amide bonds. The monoisotopic (exact) mass is 426 g/mol. The van der Waals surface area contributed by atoms with Crippen LogP contribution in [0.4, 0.5) is 0 Å². The fourth-order valence-corrected chi connectivity index (χ4v) is 5.14. The second-order valence-electron chi connectivity index (χ2n) is 9.31. The van der Waals surface area contributed by atoms with Gasteiger partial charge in [0.1, 0.15) is 23.6 Å². The number of pyridine rings is 1. The van der Waals surface area contributed by atoms with Gasteiger partial charge in [-0.05, 0) is 71.0 Å². The first kappa shape index (κ1) is 22.3. The molecule has 2 fully saturated rings. The molecule has 0 unspecified atom stereocenters. The van der Waals surface area contributed by atoms with Crippen LogP contribution in [-0.2, 0) is 11.2 Å². The lowest BCUT2D eigenvalue weighted by Gasteiger charge is -2.38. The number of piperidine rings is 1. The zero-order valence-corrected chi connectivity index (χ0v) is 19.4. The summed E-state index contributed by atoms with van der Waals surface area (Å²) in [5, 5.41) is 1.03. The maximum absolute atomic E-state index is 6.42. The van der Waals surface area contributed by atoms with Crippen molar-refractivity contribution in [3.63, 3.8) is 0 Å². The molecule has 1 saturated heterocycles. The number of nitrogens with zero attached hydrogens (tertiary/aromatic N) is 2. The van der Waals surface area contributed by atoms with E-state index >= 15 is 0 Å². The van der Waals surface area contributed by atoms with Crippen molar-refractivity contribution in [3.05, 3.63) is 30.0 Å². The van der Waals surface area contributed by atoms with E-state index in [0.717, 1.165) is 47.4 Å². The van der Waals surface area contributed by atoms with Crippen LogP contribution >= 0.6 is 0 Å². The van der Waals surface area contributed by atoms with E-state index in [2.05, 4.69) is 43.0 Å². The maximum Gasteiger partial charge on any atom is 0.146 e. The summed E-state index contributed by atoms with van der Waals surface area (Å²) in [6.45, 7) is 6.90. The number of methoxy groups -OCH3 is 1. The Morgan fingerprint density at radius 1 is 1.03 bits per heavy atom. The SMILES string of the molecule is COCCOc1cc(C[C@H]2CCCCN2C(C)C)nc2c(OC3CCCC3)cccc12. The smallest absolute Gasteiger partial charge is 0.146 e. The summed E-state index contributed by atoms with van der Waals surface area (Å²) < 4.78 is 17.8. The lowest BCUT2D eigenvalue weighted by Crippen LogP contribution is -2.45. The van der Waals surface area contributed by atoms with Gasteiger partial charge in [0.05, 0.1) is 12.7 Å². The highest BCUT2D eigenvalue weighted by Crippen LogP contribution is 2.35. The largest absolute Gasteiger partial charge is 0.490 e. The molecule has 0 radical (unpaired) electrons. The van der Waals surface area contributed by atoms with E-state index in [1.807, 2.05) is 0 Å². The Morgan fingerprint density at radius 3 is 2.61 bits per heavy atom. The van der Waals surface area contributed by atoms with E-state index in [1.165, 1.54) is 38.6 Å². The van der Waals surface area contributed by atoms with E-state index in [4.69, 9.17) is 19.2 Å². The average Bonchev–Trinajstić information content (AvgIpc) is 3.28. The van der Waals surface area contributed by atoms with Crippen LogP contribution in [0, 0.1) is 0 Å². The molecule has 5 heteroatoms. The summed E-state index contributed by atoms with van der Waals surface area (Å²) in [5.74, 6) is 1.79. The van der Waals surface area contributed by atoms with Gasteiger partial charge in [-0.25, -0.2) is 4.98 Å². The average molecular weight is 427 g/mol. The molecule has 0 bridgehead atoms. The minimum atomic E-state index is 0.309. The van der Waals surface area contributed by atoms with Crippen LogP contribution in [0.15, 0.2) is 24.3 Å². The molecule has 0 spiro atoms. The molecule has 2 aliphatic rings. The minimum Gasteiger partial charge on any atom is -0.490 e. The molecule has 1 aliphatic heterocycles. The van der Waals surface area contributed by atoms with E-state index in [-0.39, 0.29) is 0 Å². The molecule has 0 N–H and O–H groups in total. The summed E-state index contributed by atoms with van der Waals surface area (Å²) in [6.07, 6.45) is 9.88. The Labute approximate surface area is 187 Å². The van der Waals surface area contributed by atoms with Gasteiger partial charge in [-0.1, -0.05) is 12.5 Å². The lowest BCUT2D eigenvalue weighted by molar-refractivity contribution is 0.111. The molecule has 1 aliphatic carbocycles. The topological polar surface area (TPSA) is 43.8 Å². The summed E-state index contributed by atoms with van der Waals surface area (Å²) >= 11 is 0. The molecule has 1 atom stereocenters. The third kappa shape index (κ3) is 5.50. The molecule has 2 heterocycles. The standard InChI is InChI=1S/C26H38N2O3/c1-19(2)28-14-7-6-9-21(28)17-20-18-25(30-16-15-29-3)23-12-8-13-24(26(23)27-20)31-22-10-4-5-11-22/h8,12-13,18-19,21-22H,4-7,9-11,14-17H2,1-3H3/t21-/m1/s1. The van der Waals surface area contributed by atoms with Crippen molar-refractivity contribution in [2.45, 2.75) is 83.4 Å². The quantitative estimate of drug-likeness (QED) is 0.503. The van der Waals surface area contributed by atoms with Gasteiger partial charge in [-0.2, -0.15) is 0 Å². The summed E-state index contributed by atoms with van der Waals surface area (Å²) in [7, 11) is 1.70. The summed E-state index contributed by atoms with van der Waals surface area (Å²) in [4.78, 5) is 7.77. The minimum absolute atomic E-state index is 0.309. The Balaban J connectivity index is 1.66. The van der Waals surface area contributed by atoms with Crippen molar-refractivity contribution < 1.29 is 14.2 Å². The van der Waals surface area contributed by atoms with E-state index < -0.39 is 0 Å². The van der Waals surface area contributed by atoms with Crippen molar-refractivity contribution in [1.29, 1.82) is 0 Å². The van der Waals surface area contributed by atoms with Crippen molar-refractivity contribution >= 4 is 10.9 Å². The van der Waals surface area contributed by atoms with E-state index in [0.29, 0.717) is 31.4 Å². The number of likely N-dealkylation sites (tertiary alicyclic amines) is 1. The predicted octanol–water partition coefficient (Wildman–Crippen LogP) is 5.39. The van der Waals surface area contributed by atoms with Crippen molar-refractivity contribution in [2.75, 3.05) is 26.9 Å². The third-order valence-corrected chi connectivity index (χ3v) is 6.74. The van der Waals surface area contributed by atoms with Gasteiger partial charge in [0.25, 0.3) is 0 Å². The number of hydrogen-bond acceptors (Lipinski definition) is 5. The van der Waals surface area contributed by atoms with Crippen molar-refractivity contribution in [2.24, 2.45) is 0 Å². The van der Waals surface area contributed by atoms with Gasteiger partial charge in [-0.3, -0.25) is 4.90 Å². The van der Waals surface area contributed by atoms with Crippen LogP contribution in [0.1, 0.15) is 64.5 Å². The van der Waals surface area contributed by atoms with Crippen LogP contribution < -0.4 is 9.47 Å². The molecular formula is C26H38N2O3. The molecule has 1 aromatic carbocycles. The molecular weight excluding hydrogens is 388 g/mol. The Kier molecular flexibility index (Phi) is 7.67. The van der Waals surface area contributed by atoms with Crippen LogP contribution in [0.5, 0.6) is 11.5 Å². The van der Waals surface area contributed by atoms with E-state index in [9.17, 15) is 0 Å². The first-order chi connectivity index (χ1) is 15.2. The zero-order valence-electron chi connectivity index (χ0n) is 19.4. The van der Waals surface area contributed by atoms with Crippen molar-refractivity contribution in [1.82, 2.24) is 9.88 Å². The normalized spacial score (nSPS) is 20.6. The Hall–Kier alpha value is -1.85. The predicted molar refractivity (Wildman–Crippen MR) is 125 cm³/mol. The molecule has 170 valence electrons. The molecule has 4 rings (SSSR count). The number of fused-ring (bicyclic) bond motifs is 1. The van der Waals surface area contributed by atoms with Gasteiger partial charge < -0.3 is 14.2 Å². The maximum atomic E-state index is 6.42.